The number of nitrogens with zero attached hydrogens (tertiary/aromatic N) is 3. The summed E-state index contributed by atoms with van der Waals surface area (Å²) in [5.41, 5.74) is 6.69. The highest BCUT2D eigenvalue weighted by molar-refractivity contribution is 7.11. The third-order valence-corrected chi connectivity index (χ3v) is 5.04. The molecule has 1 aliphatic rings. The van der Waals surface area contributed by atoms with Crippen LogP contribution in [-0.2, 0) is 0 Å². The van der Waals surface area contributed by atoms with Crippen LogP contribution in [0.2, 0.25) is 0 Å². The number of aromatic nitrogens is 3. The van der Waals surface area contributed by atoms with Gasteiger partial charge in [0.25, 0.3) is 5.91 Å². The van der Waals surface area contributed by atoms with Crippen molar-refractivity contribution in [3.63, 3.8) is 0 Å². The topological polar surface area (TPSA) is 103 Å². The zero-order valence-corrected chi connectivity index (χ0v) is 15.4. The van der Waals surface area contributed by atoms with Crippen molar-refractivity contribution >= 4 is 28.3 Å². The Morgan fingerprint density at radius 1 is 1.32 bits per heavy atom. The molecule has 1 fully saturated rings. The number of anilines is 2. The van der Waals surface area contributed by atoms with Crippen LogP contribution in [0.15, 0.2) is 6.07 Å². The fourth-order valence-corrected chi connectivity index (χ4v) is 3.87. The molecular formula is C17H23N5O2S. The van der Waals surface area contributed by atoms with E-state index in [1.54, 1.807) is 6.07 Å². The predicted octanol–water partition coefficient (Wildman–Crippen LogP) is 3.35. The van der Waals surface area contributed by atoms with E-state index in [1.807, 2.05) is 13.8 Å². The minimum atomic E-state index is -0.558. The van der Waals surface area contributed by atoms with E-state index in [9.17, 15) is 4.79 Å². The van der Waals surface area contributed by atoms with Crippen molar-refractivity contribution in [3.05, 3.63) is 23.1 Å². The van der Waals surface area contributed by atoms with Gasteiger partial charge in [0.2, 0.25) is 5.88 Å². The van der Waals surface area contributed by atoms with Gasteiger partial charge in [-0.2, -0.15) is 4.37 Å². The van der Waals surface area contributed by atoms with Gasteiger partial charge in [-0.05, 0) is 44.1 Å². The van der Waals surface area contributed by atoms with E-state index in [0.717, 1.165) is 17.2 Å². The fourth-order valence-electron chi connectivity index (χ4n) is 3.12. The molecule has 0 bridgehead atoms. The predicted molar refractivity (Wildman–Crippen MR) is 97.5 cm³/mol. The van der Waals surface area contributed by atoms with Gasteiger partial charge in [-0.15, -0.1) is 0 Å². The van der Waals surface area contributed by atoms with Crippen LogP contribution < -0.4 is 15.8 Å². The van der Waals surface area contributed by atoms with Crippen molar-refractivity contribution in [1.82, 2.24) is 14.3 Å². The van der Waals surface area contributed by atoms with E-state index >= 15 is 0 Å². The smallest absolute Gasteiger partial charge is 0.257 e. The Morgan fingerprint density at radius 2 is 2.08 bits per heavy atom. The Morgan fingerprint density at radius 3 is 2.76 bits per heavy atom. The molecule has 25 heavy (non-hydrogen) atoms. The summed E-state index contributed by atoms with van der Waals surface area (Å²) in [6.07, 6.45) is 6.12. The number of aryl methyl sites for hydroxylation is 2. The second-order valence-electron chi connectivity index (χ2n) is 6.44. The molecule has 134 valence electrons. The van der Waals surface area contributed by atoms with Gasteiger partial charge in [-0.1, -0.05) is 19.3 Å². The third kappa shape index (κ3) is 4.45. The number of amides is 1. The van der Waals surface area contributed by atoms with E-state index < -0.39 is 5.91 Å². The lowest BCUT2D eigenvalue weighted by Crippen LogP contribution is -2.18. The van der Waals surface area contributed by atoms with Gasteiger partial charge in [0.05, 0.1) is 6.61 Å². The Labute approximate surface area is 151 Å². The Bertz CT molecular complexity index is 735. The summed E-state index contributed by atoms with van der Waals surface area (Å²) in [5, 5.41) is 3.66. The number of nitrogens with one attached hydrogen (secondary N) is 1. The second kappa shape index (κ2) is 7.77. The van der Waals surface area contributed by atoms with Crippen molar-refractivity contribution in [1.29, 1.82) is 0 Å². The largest absolute Gasteiger partial charge is 0.476 e. The lowest BCUT2D eigenvalue weighted by Gasteiger charge is -2.21. The van der Waals surface area contributed by atoms with Crippen LogP contribution in [-0.4, -0.2) is 26.9 Å². The summed E-state index contributed by atoms with van der Waals surface area (Å²) in [6, 6.07) is 1.81. The van der Waals surface area contributed by atoms with Gasteiger partial charge in [-0.3, -0.25) is 4.79 Å². The summed E-state index contributed by atoms with van der Waals surface area (Å²) in [7, 11) is 0. The Balaban J connectivity index is 1.75. The zero-order valence-electron chi connectivity index (χ0n) is 14.5. The van der Waals surface area contributed by atoms with E-state index in [4.69, 9.17) is 10.5 Å². The van der Waals surface area contributed by atoms with E-state index in [-0.39, 0.29) is 5.56 Å². The van der Waals surface area contributed by atoms with Crippen LogP contribution >= 0.6 is 11.5 Å². The van der Waals surface area contributed by atoms with Gasteiger partial charge in [0, 0.05) is 11.8 Å². The molecule has 2 aromatic rings. The van der Waals surface area contributed by atoms with Gasteiger partial charge >= 0.3 is 0 Å². The molecule has 7 nitrogen and oxygen atoms in total. The fraction of sp³-hybridized carbons (Fsp3) is 0.529. The molecule has 1 saturated carbocycles. The summed E-state index contributed by atoms with van der Waals surface area (Å²) < 4.78 is 10.1. The first kappa shape index (κ1) is 17.6. The first-order valence-electron chi connectivity index (χ1n) is 8.54. The van der Waals surface area contributed by atoms with Crippen LogP contribution in [0.3, 0.4) is 0 Å². The minimum absolute atomic E-state index is 0.287. The average Bonchev–Trinajstić information content (AvgIpc) is 2.95. The molecule has 3 N–H and O–H groups in total. The van der Waals surface area contributed by atoms with E-state index in [0.29, 0.717) is 35.0 Å². The Kier molecular flexibility index (Phi) is 5.47. The summed E-state index contributed by atoms with van der Waals surface area (Å²) in [4.78, 5) is 20.5. The molecule has 0 aromatic carbocycles. The maximum atomic E-state index is 11.9. The van der Waals surface area contributed by atoms with Crippen molar-refractivity contribution in [2.45, 2.75) is 46.0 Å². The number of carbonyl (C=O) groups excluding carboxylic acids is 1. The van der Waals surface area contributed by atoms with Crippen molar-refractivity contribution < 1.29 is 9.53 Å². The zero-order chi connectivity index (χ0) is 17.8. The monoisotopic (exact) mass is 361 g/mol. The molecule has 0 atom stereocenters. The number of ether oxygens (including phenoxy) is 1. The van der Waals surface area contributed by atoms with Gasteiger partial charge in [0.1, 0.15) is 22.2 Å². The molecule has 3 rings (SSSR count). The quantitative estimate of drug-likeness (QED) is 0.818. The minimum Gasteiger partial charge on any atom is -0.476 e. The van der Waals surface area contributed by atoms with Crippen LogP contribution in [0, 0.1) is 19.8 Å². The van der Waals surface area contributed by atoms with Crippen molar-refractivity contribution in [3.8, 4) is 5.88 Å². The molecule has 2 heterocycles. The summed E-state index contributed by atoms with van der Waals surface area (Å²) in [5.74, 6) is 1.54. The Hall–Kier alpha value is -2.22. The highest BCUT2D eigenvalue weighted by Crippen LogP contribution is 2.33. The van der Waals surface area contributed by atoms with E-state index in [1.165, 1.54) is 32.1 Å². The normalized spacial score (nSPS) is 15.1. The molecule has 1 aliphatic carbocycles. The number of nitrogens with two attached hydrogens (primary N) is 1. The number of hydrogen-bond donors (Lipinski definition) is 2. The van der Waals surface area contributed by atoms with E-state index in [2.05, 4.69) is 19.7 Å². The summed E-state index contributed by atoms with van der Waals surface area (Å²) in [6.45, 7) is 4.29. The maximum Gasteiger partial charge on any atom is 0.257 e. The molecule has 0 spiro atoms. The van der Waals surface area contributed by atoms with Gasteiger partial charge < -0.3 is 15.8 Å². The SMILES string of the molecule is Cc1cc(Nc2snc(OCC3CCCCC3)c2C(N)=O)nc(C)n1. The molecule has 2 aromatic heterocycles. The first-order valence-corrected chi connectivity index (χ1v) is 9.32. The highest BCUT2D eigenvalue weighted by atomic mass is 32.1. The molecular weight excluding hydrogens is 338 g/mol. The number of rotatable bonds is 6. The standard InChI is InChI=1S/C17H23N5O2S/c1-10-8-13(20-11(2)19-10)21-17-14(15(18)23)16(22-25-17)24-9-12-6-4-3-5-7-12/h8,12H,3-7,9H2,1-2H3,(H2,18,23)(H,19,20,21). The van der Waals surface area contributed by atoms with Crippen LogP contribution in [0.25, 0.3) is 0 Å². The van der Waals surface area contributed by atoms with Gasteiger partial charge in [-0.25, -0.2) is 9.97 Å². The highest BCUT2D eigenvalue weighted by Gasteiger charge is 2.22. The van der Waals surface area contributed by atoms with Crippen LogP contribution in [0.5, 0.6) is 5.88 Å². The van der Waals surface area contributed by atoms with Crippen LogP contribution in [0.4, 0.5) is 10.8 Å². The second-order valence-corrected chi connectivity index (χ2v) is 7.21. The van der Waals surface area contributed by atoms with Crippen molar-refractivity contribution in [2.24, 2.45) is 11.7 Å². The molecule has 0 unspecified atom stereocenters. The van der Waals surface area contributed by atoms with Crippen molar-refractivity contribution in [2.75, 3.05) is 11.9 Å². The molecule has 0 aliphatic heterocycles. The number of primary amides is 1. The van der Waals surface area contributed by atoms with Crippen LogP contribution in [0.1, 0.15) is 54.0 Å². The lowest BCUT2D eigenvalue weighted by atomic mass is 9.90. The van der Waals surface area contributed by atoms with Gasteiger partial charge in [0.15, 0.2) is 0 Å². The molecule has 0 saturated heterocycles. The number of carbonyl (C=O) groups is 1. The molecule has 8 heteroatoms. The summed E-state index contributed by atoms with van der Waals surface area (Å²) >= 11 is 1.15. The number of hydrogen-bond acceptors (Lipinski definition) is 7. The molecule has 0 radical (unpaired) electrons. The first-order chi connectivity index (χ1) is 12.0. The lowest BCUT2D eigenvalue weighted by molar-refractivity contribution is 0.0995. The maximum absolute atomic E-state index is 11.9. The molecule has 1 amide bonds. The third-order valence-electron chi connectivity index (χ3n) is 4.30. The average molecular weight is 361 g/mol.